The number of amides is 5. The number of carbonyl (C=O) groups is 6. The summed E-state index contributed by atoms with van der Waals surface area (Å²) in [7, 11) is 1.63. The molecule has 0 aliphatic carbocycles. The number of nitrogens with one attached hydrogen (secondary N) is 6. The molecule has 13 nitrogen and oxygen atoms in total. The van der Waals surface area contributed by atoms with Crippen molar-refractivity contribution in [3.63, 3.8) is 0 Å². The molecule has 0 radical (unpaired) electrons. The van der Waals surface area contributed by atoms with Crippen LogP contribution in [-0.2, 0) is 33.5 Å². The number of aldehydes is 1. The number of ether oxygens (including phenoxy) is 1. The minimum atomic E-state index is -0.474. The molecule has 0 aliphatic rings. The van der Waals surface area contributed by atoms with Crippen LogP contribution in [0.3, 0.4) is 0 Å². The van der Waals surface area contributed by atoms with Crippen LogP contribution in [0.15, 0.2) is 30.3 Å². The molecule has 0 aliphatic heterocycles. The summed E-state index contributed by atoms with van der Waals surface area (Å²) in [6.45, 7) is 14.8. The fraction of sp³-hybridized carbons (Fsp3) is 0.657. The maximum atomic E-state index is 11.9. The molecular weight excluding hydrogens is 616 g/mol. The summed E-state index contributed by atoms with van der Waals surface area (Å²) < 4.78 is 5.77. The molecule has 13 heteroatoms. The van der Waals surface area contributed by atoms with Crippen molar-refractivity contribution in [3.8, 4) is 0 Å². The van der Waals surface area contributed by atoms with Crippen molar-refractivity contribution in [1.29, 1.82) is 0 Å². The van der Waals surface area contributed by atoms with Crippen LogP contribution in [-0.4, -0.2) is 94.3 Å². The molecule has 0 saturated carbocycles. The van der Waals surface area contributed by atoms with Crippen LogP contribution in [0.25, 0.3) is 0 Å². The Labute approximate surface area is 287 Å². The number of unbranched alkanes of at least 4 members (excludes halogenated alkanes) is 2. The summed E-state index contributed by atoms with van der Waals surface area (Å²) in [6, 6.07) is 10.3. The summed E-state index contributed by atoms with van der Waals surface area (Å²) in [5.41, 5.74) is 0.519. The van der Waals surface area contributed by atoms with Gasteiger partial charge in [0, 0.05) is 24.8 Å². The summed E-state index contributed by atoms with van der Waals surface area (Å²) in [6.07, 6.45) is 5.62. The molecule has 0 fully saturated rings. The number of likely N-dealkylation sites (N-methyl/N-ethyl adjacent to an activating group) is 1. The van der Waals surface area contributed by atoms with E-state index >= 15 is 0 Å². The van der Waals surface area contributed by atoms with E-state index in [1.165, 1.54) is 5.56 Å². The van der Waals surface area contributed by atoms with Crippen molar-refractivity contribution in [2.75, 3.05) is 53.0 Å². The van der Waals surface area contributed by atoms with Crippen molar-refractivity contribution < 1.29 is 33.5 Å². The molecule has 0 spiro atoms. The Morgan fingerprint density at radius 3 is 1.79 bits per heavy atom. The molecule has 1 aromatic rings. The van der Waals surface area contributed by atoms with Gasteiger partial charge >= 0.3 is 0 Å². The maximum absolute atomic E-state index is 11.9. The second-order valence-corrected chi connectivity index (χ2v) is 12.8. The molecule has 1 aromatic carbocycles. The Morgan fingerprint density at radius 2 is 1.29 bits per heavy atom. The van der Waals surface area contributed by atoms with Crippen molar-refractivity contribution in [1.82, 2.24) is 31.9 Å². The van der Waals surface area contributed by atoms with Crippen molar-refractivity contribution in [2.45, 2.75) is 92.5 Å². The van der Waals surface area contributed by atoms with Gasteiger partial charge in [-0.25, -0.2) is 0 Å². The number of benzene rings is 1. The van der Waals surface area contributed by atoms with Crippen LogP contribution in [0, 0.1) is 12.3 Å². The van der Waals surface area contributed by atoms with Gasteiger partial charge in [-0.3, -0.25) is 24.0 Å². The van der Waals surface area contributed by atoms with Crippen LogP contribution in [0.5, 0.6) is 0 Å². The molecule has 0 unspecified atom stereocenters. The molecule has 6 N–H and O–H groups in total. The first-order valence-corrected chi connectivity index (χ1v) is 16.7. The van der Waals surface area contributed by atoms with Crippen LogP contribution in [0.2, 0.25) is 0 Å². The van der Waals surface area contributed by atoms with E-state index in [1.54, 1.807) is 7.05 Å². The molecule has 48 heavy (non-hydrogen) atoms. The normalized spacial score (nSPS) is 10.6. The van der Waals surface area contributed by atoms with Gasteiger partial charge in [0.2, 0.25) is 29.5 Å². The molecule has 5 amide bonds. The van der Waals surface area contributed by atoms with Crippen LogP contribution in [0.1, 0.15) is 85.6 Å². The maximum Gasteiger partial charge on any atom is 0.239 e. The van der Waals surface area contributed by atoms with Gasteiger partial charge in [-0.15, -0.1) is 0 Å². The average molecular weight is 679 g/mol. The van der Waals surface area contributed by atoms with E-state index in [1.807, 2.05) is 52.8 Å². The zero-order valence-corrected chi connectivity index (χ0v) is 30.5. The van der Waals surface area contributed by atoms with Crippen LogP contribution >= 0.6 is 0 Å². The molecule has 1 rings (SSSR count). The van der Waals surface area contributed by atoms with Crippen molar-refractivity contribution >= 4 is 35.8 Å². The predicted octanol–water partition coefficient (Wildman–Crippen LogP) is 2.17. The third kappa shape index (κ3) is 30.8. The van der Waals surface area contributed by atoms with E-state index in [0.29, 0.717) is 38.9 Å². The monoisotopic (exact) mass is 678 g/mol. The van der Waals surface area contributed by atoms with Gasteiger partial charge in [0.1, 0.15) is 6.29 Å². The summed E-state index contributed by atoms with van der Waals surface area (Å²) in [5, 5.41) is 15.7. The van der Waals surface area contributed by atoms with Gasteiger partial charge < -0.3 is 41.4 Å². The first-order chi connectivity index (χ1) is 22.6. The highest BCUT2D eigenvalue weighted by Crippen LogP contribution is 2.15. The zero-order valence-electron chi connectivity index (χ0n) is 30.5. The quantitative estimate of drug-likeness (QED) is 0.0845. The van der Waals surface area contributed by atoms with Gasteiger partial charge in [0.05, 0.1) is 44.9 Å². The fourth-order valence-electron chi connectivity index (χ4n) is 3.69. The second kappa shape index (κ2) is 28.2. The highest BCUT2D eigenvalue weighted by Gasteiger charge is 2.24. The van der Waals surface area contributed by atoms with Gasteiger partial charge in [-0.2, -0.15) is 0 Å². The highest BCUT2D eigenvalue weighted by atomic mass is 16.5. The van der Waals surface area contributed by atoms with Gasteiger partial charge in [-0.1, -0.05) is 76.4 Å². The van der Waals surface area contributed by atoms with Crippen molar-refractivity contribution in [3.05, 3.63) is 35.9 Å². The Hall–Kier alpha value is -3.84. The minimum absolute atomic E-state index is 0.00117. The molecule has 0 heterocycles. The standard InChI is InChI=1S/C20H39N5O5.C8H15NO2.C7H8/c1-7-8-15(26)25-20(4,5)14-30-13-19(2,3)12-24-18(29)11-23-17(28)10-22-16(27)9-21-6;1-2-3-4-5-8(11)9-6-7-10;1-7-5-3-2-4-6-7/h21H,7-14H2,1-6H3,(H,22,27)(H,23,28)(H,24,29)(H,25,26);7H,2-6H2,1H3,(H,9,11);2-6H,1H3. The van der Waals surface area contributed by atoms with Crippen LogP contribution < -0.4 is 31.9 Å². The Bertz CT molecular complexity index is 1060. The molecule has 0 saturated heterocycles. The minimum Gasteiger partial charge on any atom is -0.378 e. The first-order valence-electron chi connectivity index (χ1n) is 16.7. The summed E-state index contributed by atoms with van der Waals surface area (Å²) >= 11 is 0. The number of hydrogen-bond donors (Lipinski definition) is 6. The lowest BCUT2D eigenvalue weighted by Gasteiger charge is -2.30. The third-order valence-electron chi connectivity index (χ3n) is 6.23. The number of carbonyl (C=O) groups excluding carboxylic acids is 6. The lowest BCUT2D eigenvalue weighted by molar-refractivity contribution is -0.127. The summed E-state index contributed by atoms with van der Waals surface area (Å²) in [4.78, 5) is 67.2. The lowest BCUT2D eigenvalue weighted by Crippen LogP contribution is -2.48. The highest BCUT2D eigenvalue weighted by molar-refractivity contribution is 5.88. The Morgan fingerprint density at radius 1 is 0.708 bits per heavy atom. The molecule has 0 aromatic heterocycles. The molecule has 0 bridgehead atoms. The first kappa shape index (κ1) is 46.3. The smallest absolute Gasteiger partial charge is 0.239 e. The number of hydrogen-bond acceptors (Lipinski definition) is 8. The van der Waals surface area contributed by atoms with E-state index in [2.05, 4.69) is 57.9 Å². The number of rotatable bonds is 21. The van der Waals surface area contributed by atoms with E-state index < -0.39 is 11.4 Å². The fourth-order valence-corrected chi connectivity index (χ4v) is 3.69. The van der Waals surface area contributed by atoms with E-state index in [-0.39, 0.29) is 55.2 Å². The van der Waals surface area contributed by atoms with Gasteiger partial charge in [-0.05, 0) is 40.7 Å². The molecule has 274 valence electrons. The Kier molecular flexibility index (Phi) is 27.2. The second-order valence-electron chi connectivity index (χ2n) is 12.8. The van der Waals surface area contributed by atoms with Gasteiger partial charge in [0.15, 0.2) is 0 Å². The zero-order chi connectivity index (χ0) is 36.8. The van der Waals surface area contributed by atoms with Gasteiger partial charge in [0.25, 0.3) is 0 Å². The van der Waals surface area contributed by atoms with Crippen LogP contribution in [0.4, 0.5) is 0 Å². The van der Waals surface area contributed by atoms with E-state index in [4.69, 9.17) is 4.74 Å². The summed E-state index contributed by atoms with van der Waals surface area (Å²) in [5.74, 6) is -1.09. The SMILES string of the molecule is CCCC(=O)NC(C)(C)COCC(C)(C)CNC(=O)CNC(=O)CNC(=O)CNC.CCCCCC(=O)NCC=O.Cc1ccccc1. The third-order valence-corrected chi connectivity index (χ3v) is 6.23. The Balaban J connectivity index is 0. The lowest BCUT2D eigenvalue weighted by atomic mass is 9.94. The largest absolute Gasteiger partial charge is 0.378 e. The topological polar surface area (TPSA) is 184 Å². The predicted molar refractivity (Wildman–Crippen MR) is 189 cm³/mol. The van der Waals surface area contributed by atoms with Crippen molar-refractivity contribution in [2.24, 2.45) is 5.41 Å². The molecule has 0 atom stereocenters. The van der Waals surface area contributed by atoms with E-state index in [0.717, 1.165) is 25.7 Å². The average Bonchev–Trinajstić information content (AvgIpc) is 3.01. The number of aryl methyl sites for hydroxylation is 1. The van der Waals surface area contributed by atoms with E-state index in [9.17, 15) is 28.8 Å². The molecular formula is C35H62N6O7.